The lowest BCUT2D eigenvalue weighted by Crippen LogP contribution is -2.08. The summed E-state index contributed by atoms with van der Waals surface area (Å²) < 4.78 is 37.9. The van der Waals surface area contributed by atoms with Gasteiger partial charge in [-0.3, -0.25) is 4.79 Å². The van der Waals surface area contributed by atoms with Gasteiger partial charge in [0.2, 0.25) is 15.6 Å². The minimum atomic E-state index is -4.08. The Hall–Kier alpha value is -3.82. The maximum atomic E-state index is 13.8. The van der Waals surface area contributed by atoms with Crippen molar-refractivity contribution in [2.45, 2.75) is 23.6 Å². The van der Waals surface area contributed by atoms with Crippen LogP contribution in [0.2, 0.25) is 0 Å². The molecular weight excluding hydrogens is 496 g/mol. The Bertz CT molecular complexity index is 1520. The molecule has 1 heterocycles. The smallest absolute Gasteiger partial charge is 0.211 e. The molecule has 0 fully saturated rings. The number of nitrogens with two attached hydrogens (primary N) is 1. The molecule has 0 saturated heterocycles. The molecule has 0 spiro atoms. The van der Waals surface area contributed by atoms with Crippen LogP contribution in [0.4, 0.5) is 16.4 Å². The van der Waals surface area contributed by atoms with Crippen LogP contribution in [0.3, 0.4) is 0 Å². The van der Waals surface area contributed by atoms with Gasteiger partial charge in [0.25, 0.3) is 0 Å². The first kappa shape index (κ1) is 25.3. The van der Waals surface area contributed by atoms with E-state index in [1.54, 1.807) is 36.4 Å². The Balaban J connectivity index is 1.86. The number of benzene rings is 3. The zero-order valence-electron chi connectivity index (χ0n) is 20.3. The van der Waals surface area contributed by atoms with Gasteiger partial charge >= 0.3 is 0 Å². The van der Waals surface area contributed by atoms with E-state index in [0.29, 0.717) is 17.1 Å². The van der Waals surface area contributed by atoms with Crippen molar-refractivity contribution in [3.8, 4) is 11.5 Å². The van der Waals surface area contributed by atoms with E-state index in [1.165, 1.54) is 26.4 Å². The Labute approximate surface area is 214 Å². The van der Waals surface area contributed by atoms with Crippen LogP contribution in [0.1, 0.15) is 26.4 Å². The average Bonchev–Trinajstić information content (AvgIpc) is 3.21. The molecule has 4 aromatic rings. The quantitative estimate of drug-likeness (QED) is 0.283. The number of hydrogen-bond donors (Lipinski definition) is 2. The maximum Gasteiger partial charge on any atom is 0.211 e. The molecule has 0 radical (unpaired) electrons. The number of hydrogen-bond acceptors (Lipinski definition) is 8. The van der Waals surface area contributed by atoms with Gasteiger partial charge in [-0.15, -0.1) is 11.3 Å². The van der Waals surface area contributed by atoms with Crippen LogP contribution in [0, 0.1) is 13.8 Å². The lowest BCUT2D eigenvalue weighted by atomic mass is 10.1. The van der Waals surface area contributed by atoms with Crippen LogP contribution in [-0.2, 0) is 9.84 Å². The Morgan fingerprint density at radius 3 is 2.03 bits per heavy atom. The van der Waals surface area contributed by atoms with Crippen molar-refractivity contribution in [2.24, 2.45) is 0 Å². The van der Waals surface area contributed by atoms with E-state index in [1.807, 2.05) is 32.0 Å². The van der Waals surface area contributed by atoms with E-state index in [-0.39, 0.29) is 31.1 Å². The molecule has 36 heavy (non-hydrogen) atoms. The number of carbonyl (C=O) groups is 1. The number of carbonyl (C=O) groups excluding carboxylic acids is 1. The van der Waals surface area contributed by atoms with E-state index >= 15 is 0 Å². The van der Waals surface area contributed by atoms with Gasteiger partial charge in [-0.25, -0.2) is 8.42 Å². The lowest BCUT2D eigenvalue weighted by Gasteiger charge is -2.12. The molecule has 9 heteroatoms. The molecule has 0 amide bonds. The van der Waals surface area contributed by atoms with Gasteiger partial charge in [0, 0.05) is 11.3 Å². The maximum absolute atomic E-state index is 13.8. The van der Waals surface area contributed by atoms with Crippen LogP contribution in [0.25, 0.3) is 0 Å². The molecule has 3 aromatic carbocycles. The van der Waals surface area contributed by atoms with Gasteiger partial charge in [-0.1, -0.05) is 17.7 Å². The molecule has 0 aliphatic carbocycles. The molecule has 186 valence electrons. The fourth-order valence-corrected chi connectivity index (χ4v) is 6.69. The number of rotatable bonds is 8. The van der Waals surface area contributed by atoms with Gasteiger partial charge in [-0.2, -0.15) is 0 Å². The summed E-state index contributed by atoms with van der Waals surface area (Å²) in [5, 5.41) is 3.49. The number of sulfone groups is 1. The van der Waals surface area contributed by atoms with E-state index < -0.39 is 9.84 Å². The van der Waals surface area contributed by atoms with Crippen molar-refractivity contribution >= 4 is 43.3 Å². The second-order valence-electron chi connectivity index (χ2n) is 8.18. The topological polar surface area (TPSA) is 108 Å². The third-order valence-electron chi connectivity index (χ3n) is 5.73. The van der Waals surface area contributed by atoms with Crippen molar-refractivity contribution in [2.75, 3.05) is 25.3 Å². The summed E-state index contributed by atoms with van der Waals surface area (Å²) in [6, 6.07) is 18.4. The summed E-state index contributed by atoms with van der Waals surface area (Å²) in [5.41, 5.74) is 9.41. The summed E-state index contributed by atoms with van der Waals surface area (Å²) in [6.07, 6.45) is 0. The molecule has 0 atom stereocenters. The van der Waals surface area contributed by atoms with Crippen molar-refractivity contribution in [3.63, 3.8) is 0 Å². The molecule has 0 aliphatic rings. The number of nitrogen functional groups attached to an aromatic ring is 1. The molecule has 1 aromatic heterocycles. The first-order chi connectivity index (χ1) is 17.1. The van der Waals surface area contributed by atoms with Crippen molar-refractivity contribution < 1.29 is 22.7 Å². The Morgan fingerprint density at radius 1 is 0.889 bits per heavy atom. The minimum Gasteiger partial charge on any atom is -0.497 e. The highest BCUT2D eigenvalue weighted by Gasteiger charge is 2.32. The number of thiophene rings is 1. The summed E-state index contributed by atoms with van der Waals surface area (Å²) in [4.78, 5) is 13.4. The van der Waals surface area contributed by atoms with Gasteiger partial charge < -0.3 is 20.5 Å². The van der Waals surface area contributed by atoms with E-state index in [9.17, 15) is 13.2 Å². The number of aryl methyl sites for hydroxylation is 2. The highest BCUT2D eigenvalue weighted by atomic mass is 32.2. The molecular formula is C27H26N2O5S2. The second-order valence-corrected chi connectivity index (χ2v) is 11.1. The second kappa shape index (κ2) is 10.0. The summed E-state index contributed by atoms with van der Waals surface area (Å²) in [5.74, 6) is 0.752. The highest BCUT2D eigenvalue weighted by Crippen LogP contribution is 2.44. The minimum absolute atomic E-state index is 0.0416. The molecule has 0 unspecified atom stereocenters. The monoisotopic (exact) mass is 522 g/mol. The predicted molar refractivity (Wildman–Crippen MR) is 143 cm³/mol. The number of methoxy groups -OCH3 is 2. The molecule has 0 saturated carbocycles. The van der Waals surface area contributed by atoms with Crippen molar-refractivity contribution in [3.05, 3.63) is 88.3 Å². The number of nitrogens with one attached hydrogen (secondary N) is 1. The third kappa shape index (κ3) is 4.80. The normalized spacial score (nSPS) is 11.2. The third-order valence-corrected chi connectivity index (χ3v) is 8.83. The summed E-state index contributed by atoms with van der Waals surface area (Å²) in [6.45, 7) is 3.90. The largest absolute Gasteiger partial charge is 0.497 e. The number of ether oxygens (including phenoxy) is 2. The number of ketones is 1. The fourth-order valence-electron chi connectivity index (χ4n) is 3.77. The van der Waals surface area contributed by atoms with Crippen molar-refractivity contribution in [1.82, 2.24) is 0 Å². The van der Waals surface area contributed by atoms with Gasteiger partial charge in [-0.05, 0) is 74.0 Å². The Morgan fingerprint density at radius 2 is 1.47 bits per heavy atom. The first-order valence-electron chi connectivity index (χ1n) is 11.0. The molecule has 0 bridgehead atoms. The van der Waals surface area contributed by atoms with E-state index in [2.05, 4.69) is 5.32 Å². The zero-order valence-corrected chi connectivity index (χ0v) is 21.9. The molecule has 0 aliphatic heterocycles. The van der Waals surface area contributed by atoms with Gasteiger partial charge in [0.05, 0.1) is 24.8 Å². The van der Waals surface area contributed by atoms with E-state index in [4.69, 9.17) is 15.2 Å². The lowest BCUT2D eigenvalue weighted by molar-refractivity contribution is 0.104. The van der Waals surface area contributed by atoms with Crippen LogP contribution in [-0.4, -0.2) is 28.4 Å². The molecule has 7 nitrogen and oxygen atoms in total. The van der Waals surface area contributed by atoms with Crippen LogP contribution >= 0.6 is 11.3 Å². The van der Waals surface area contributed by atoms with Crippen LogP contribution in [0.15, 0.2) is 76.5 Å². The SMILES string of the molecule is COc1ccc(C(=O)c2sc(Nc3ccc(C)cc3C)c(S(=O)(=O)c3ccc(OC)cc3)c2N)cc1. The predicted octanol–water partition coefficient (Wildman–Crippen LogP) is 5.77. The number of anilines is 3. The zero-order chi connectivity index (χ0) is 26.0. The van der Waals surface area contributed by atoms with Crippen LogP contribution in [0.5, 0.6) is 11.5 Å². The standard InChI is InChI=1S/C27H26N2O5S2/c1-16-5-14-22(17(2)15-16)29-27-26(36(31,32)21-12-10-20(34-4)11-13-21)23(28)25(35-27)24(30)18-6-8-19(33-3)9-7-18/h5-15,29H,28H2,1-4H3. The Kier molecular flexibility index (Phi) is 7.05. The summed E-state index contributed by atoms with van der Waals surface area (Å²) in [7, 11) is -1.04. The van der Waals surface area contributed by atoms with Gasteiger partial charge in [0.15, 0.2) is 0 Å². The highest BCUT2D eigenvalue weighted by molar-refractivity contribution is 7.92. The molecule has 4 rings (SSSR count). The first-order valence-corrected chi connectivity index (χ1v) is 13.3. The average molecular weight is 523 g/mol. The van der Waals surface area contributed by atoms with E-state index in [0.717, 1.165) is 28.2 Å². The fraction of sp³-hybridized carbons (Fsp3) is 0.148. The summed E-state index contributed by atoms with van der Waals surface area (Å²) >= 11 is 1.02. The van der Waals surface area contributed by atoms with Crippen molar-refractivity contribution in [1.29, 1.82) is 0 Å². The molecule has 3 N–H and O–H groups in total. The van der Waals surface area contributed by atoms with Crippen LogP contribution < -0.4 is 20.5 Å². The van der Waals surface area contributed by atoms with Gasteiger partial charge in [0.1, 0.15) is 26.3 Å².